The van der Waals surface area contributed by atoms with E-state index in [9.17, 15) is 14.7 Å². The lowest BCUT2D eigenvalue weighted by molar-refractivity contribution is -0.136. The van der Waals surface area contributed by atoms with E-state index in [4.69, 9.17) is 15.2 Å². The van der Waals surface area contributed by atoms with E-state index >= 15 is 0 Å². The molecule has 0 saturated carbocycles. The van der Waals surface area contributed by atoms with Gasteiger partial charge in [0.1, 0.15) is 12.4 Å². The number of nitrogens with two attached hydrogens (primary N) is 1. The molecule has 38 heavy (non-hydrogen) atoms. The Labute approximate surface area is 226 Å². The summed E-state index contributed by atoms with van der Waals surface area (Å²) in [4.78, 5) is 24.6. The van der Waals surface area contributed by atoms with Gasteiger partial charge in [-0.05, 0) is 38.3 Å². The number of carboxylic acids is 1. The van der Waals surface area contributed by atoms with Crippen molar-refractivity contribution >= 4 is 11.9 Å². The van der Waals surface area contributed by atoms with Gasteiger partial charge >= 0.3 is 11.9 Å². The smallest absolute Gasteiger partial charge is 0.336 e. The van der Waals surface area contributed by atoms with Gasteiger partial charge < -0.3 is 25.6 Å². The number of carbonyl (C=O) groups is 2. The van der Waals surface area contributed by atoms with Gasteiger partial charge in [0.05, 0.1) is 24.2 Å². The van der Waals surface area contributed by atoms with Crippen molar-refractivity contribution in [2.24, 2.45) is 5.73 Å². The highest BCUT2D eigenvalue weighted by molar-refractivity contribution is 5.99. The number of carboxylic acid groups (broad SMARTS) is 1. The molecule has 1 aliphatic heterocycles. The summed E-state index contributed by atoms with van der Waals surface area (Å²) in [5.74, 6) is -1.98. The topological polar surface area (TPSA) is 111 Å². The van der Waals surface area contributed by atoms with Crippen LogP contribution in [0.15, 0.2) is 77.1 Å². The molecule has 206 valence electrons. The average Bonchev–Trinajstić information content (AvgIpc) is 2.91. The zero-order chi connectivity index (χ0) is 28.1. The Morgan fingerprint density at radius 3 is 2.18 bits per heavy atom. The summed E-state index contributed by atoms with van der Waals surface area (Å²) in [6.45, 7) is 8.13. The molecular formula is C31H42N2O5. The standard InChI is InChI=1S/C23H23NO5.C8H19N/c1-14-19(22(25)26)21(20(15(2)24-14)23(27)28-3)17-11-7-8-12-18(17)29-13-16-9-5-4-6-10-16;1-3-5-7-8(9)6-4-2/h4-12,21,24H,13H2,1-3H3,(H,25,26);8H,3-7,9H2,1-2H3. The van der Waals surface area contributed by atoms with E-state index in [2.05, 4.69) is 19.2 Å². The quantitative estimate of drug-likeness (QED) is 0.308. The van der Waals surface area contributed by atoms with Crippen molar-refractivity contribution in [3.63, 3.8) is 0 Å². The Hall–Kier alpha value is -3.58. The highest BCUT2D eigenvalue weighted by atomic mass is 16.5. The van der Waals surface area contributed by atoms with E-state index in [0.717, 1.165) is 5.56 Å². The third kappa shape index (κ3) is 8.48. The van der Waals surface area contributed by atoms with Crippen molar-refractivity contribution in [1.29, 1.82) is 0 Å². The number of rotatable bonds is 11. The second-order valence-electron chi connectivity index (χ2n) is 9.44. The molecule has 0 amide bonds. The molecule has 0 aromatic heterocycles. The Morgan fingerprint density at radius 1 is 0.947 bits per heavy atom. The van der Waals surface area contributed by atoms with Crippen LogP contribution in [0.3, 0.4) is 0 Å². The fraction of sp³-hybridized carbons (Fsp3) is 0.419. The highest BCUT2D eigenvalue weighted by Gasteiger charge is 2.38. The van der Waals surface area contributed by atoms with Gasteiger partial charge in [-0.25, -0.2) is 9.59 Å². The average molecular weight is 523 g/mol. The number of ether oxygens (including phenoxy) is 2. The number of unbranched alkanes of at least 4 members (excludes halogenated alkanes) is 1. The third-order valence-corrected chi connectivity index (χ3v) is 6.45. The van der Waals surface area contributed by atoms with E-state index in [1.807, 2.05) is 36.4 Å². The lowest BCUT2D eigenvalue weighted by Crippen LogP contribution is -2.31. The van der Waals surface area contributed by atoms with Crippen LogP contribution in [0.25, 0.3) is 0 Å². The van der Waals surface area contributed by atoms with Crippen LogP contribution in [0.2, 0.25) is 0 Å². The predicted molar refractivity (Wildman–Crippen MR) is 151 cm³/mol. The first-order valence-electron chi connectivity index (χ1n) is 13.3. The maximum absolute atomic E-state index is 12.6. The molecule has 7 heteroatoms. The van der Waals surface area contributed by atoms with Gasteiger partial charge in [-0.1, -0.05) is 81.6 Å². The summed E-state index contributed by atoms with van der Waals surface area (Å²) in [6.07, 6.45) is 6.20. The molecule has 0 radical (unpaired) electrons. The molecule has 0 fully saturated rings. The minimum atomic E-state index is -1.10. The highest BCUT2D eigenvalue weighted by Crippen LogP contribution is 2.42. The number of dihydropyridines is 1. The van der Waals surface area contributed by atoms with Gasteiger partial charge in [-0.2, -0.15) is 0 Å². The van der Waals surface area contributed by atoms with Crippen LogP contribution in [-0.2, 0) is 20.9 Å². The molecule has 4 N–H and O–H groups in total. The molecule has 7 nitrogen and oxygen atoms in total. The Balaban J connectivity index is 0.000000484. The van der Waals surface area contributed by atoms with Crippen molar-refractivity contribution in [2.75, 3.05) is 7.11 Å². The zero-order valence-electron chi connectivity index (χ0n) is 23.3. The predicted octanol–water partition coefficient (Wildman–Crippen LogP) is 6.06. The third-order valence-electron chi connectivity index (χ3n) is 6.45. The van der Waals surface area contributed by atoms with E-state index < -0.39 is 17.9 Å². The largest absolute Gasteiger partial charge is 0.489 e. The van der Waals surface area contributed by atoms with Crippen LogP contribution in [0.5, 0.6) is 5.75 Å². The number of aliphatic carboxylic acids is 1. The summed E-state index contributed by atoms with van der Waals surface area (Å²) in [5.41, 5.74) is 8.73. The fourth-order valence-corrected chi connectivity index (χ4v) is 4.54. The van der Waals surface area contributed by atoms with Gasteiger partial charge in [0.25, 0.3) is 0 Å². The Kier molecular flexibility index (Phi) is 12.6. The molecule has 0 bridgehead atoms. The molecule has 2 unspecified atom stereocenters. The molecular weight excluding hydrogens is 480 g/mol. The van der Waals surface area contributed by atoms with Gasteiger partial charge in [-0.15, -0.1) is 0 Å². The number of allylic oxidation sites excluding steroid dienone is 2. The molecule has 2 aromatic rings. The van der Waals surface area contributed by atoms with E-state index in [1.165, 1.54) is 39.2 Å². The van der Waals surface area contributed by atoms with Crippen LogP contribution in [0, 0.1) is 0 Å². The number of hydrogen-bond donors (Lipinski definition) is 3. The number of carbonyl (C=O) groups excluding carboxylic acids is 1. The van der Waals surface area contributed by atoms with Crippen molar-refractivity contribution in [2.45, 2.75) is 78.4 Å². The normalized spacial score (nSPS) is 15.7. The summed E-state index contributed by atoms with van der Waals surface area (Å²) in [7, 11) is 1.28. The Bertz CT molecular complexity index is 1120. The lowest BCUT2D eigenvalue weighted by Gasteiger charge is -2.30. The summed E-state index contributed by atoms with van der Waals surface area (Å²) >= 11 is 0. The van der Waals surface area contributed by atoms with Crippen molar-refractivity contribution in [1.82, 2.24) is 5.32 Å². The number of nitrogens with one attached hydrogen (secondary N) is 1. The summed E-state index contributed by atoms with van der Waals surface area (Å²) < 4.78 is 11.0. The monoisotopic (exact) mass is 522 g/mol. The van der Waals surface area contributed by atoms with E-state index in [1.54, 1.807) is 32.0 Å². The minimum absolute atomic E-state index is 0.0896. The number of hydrogen-bond acceptors (Lipinski definition) is 6. The number of esters is 1. The molecule has 3 rings (SSSR count). The second-order valence-corrected chi connectivity index (χ2v) is 9.44. The molecule has 0 aliphatic carbocycles. The first-order valence-corrected chi connectivity index (χ1v) is 13.3. The zero-order valence-corrected chi connectivity index (χ0v) is 23.3. The van der Waals surface area contributed by atoms with Crippen LogP contribution in [0.1, 0.15) is 76.8 Å². The maximum atomic E-state index is 12.6. The maximum Gasteiger partial charge on any atom is 0.336 e. The molecule has 2 atom stereocenters. The number of para-hydroxylation sites is 1. The number of methoxy groups -OCH3 is 1. The molecule has 1 aliphatic rings. The van der Waals surface area contributed by atoms with Crippen LogP contribution in [0.4, 0.5) is 0 Å². The van der Waals surface area contributed by atoms with Gasteiger partial charge in [0, 0.05) is 23.0 Å². The fourth-order valence-electron chi connectivity index (χ4n) is 4.54. The molecule has 1 heterocycles. The molecule has 0 spiro atoms. The molecule has 2 aromatic carbocycles. The summed E-state index contributed by atoms with van der Waals surface area (Å²) in [6, 6.07) is 17.3. The van der Waals surface area contributed by atoms with Crippen LogP contribution >= 0.6 is 0 Å². The minimum Gasteiger partial charge on any atom is -0.489 e. The lowest BCUT2D eigenvalue weighted by atomic mass is 9.80. The van der Waals surface area contributed by atoms with Crippen LogP contribution in [-0.4, -0.2) is 30.2 Å². The van der Waals surface area contributed by atoms with Crippen molar-refractivity contribution in [3.8, 4) is 5.75 Å². The van der Waals surface area contributed by atoms with Gasteiger partial charge in [0.15, 0.2) is 0 Å². The van der Waals surface area contributed by atoms with Crippen molar-refractivity contribution < 1.29 is 24.2 Å². The molecule has 0 saturated heterocycles. The van der Waals surface area contributed by atoms with Crippen LogP contribution < -0.4 is 15.8 Å². The van der Waals surface area contributed by atoms with Gasteiger partial charge in [-0.3, -0.25) is 0 Å². The SMILES string of the molecule is CCCCC(N)CCC.COC(=O)C1=C(C)NC(C)=C(C(=O)O)C1c1ccccc1OCc1ccccc1. The number of benzene rings is 2. The van der Waals surface area contributed by atoms with Gasteiger partial charge in [0.2, 0.25) is 0 Å². The first kappa shape index (κ1) is 30.6. The second kappa shape index (κ2) is 15.6. The summed E-state index contributed by atoms with van der Waals surface area (Å²) in [5, 5.41) is 12.9. The first-order chi connectivity index (χ1) is 18.2. The van der Waals surface area contributed by atoms with E-state index in [-0.39, 0.29) is 11.1 Å². The van der Waals surface area contributed by atoms with E-state index in [0.29, 0.717) is 35.4 Å². The Morgan fingerprint density at radius 2 is 1.58 bits per heavy atom. The van der Waals surface area contributed by atoms with Crippen molar-refractivity contribution in [3.05, 3.63) is 88.3 Å².